The highest BCUT2D eigenvalue weighted by atomic mass is 16.5. The van der Waals surface area contributed by atoms with Crippen LogP contribution in [0.3, 0.4) is 0 Å². The third kappa shape index (κ3) is 2.26. The maximum absolute atomic E-state index is 11.0. The first kappa shape index (κ1) is 10.1. The summed E-state index contributed by atoms with van der Waals surface area (Å²) in [5, 5.41) is 5.81. The Morgan fingerprint density at radius 2 is 2.29 bits per heavy atom. The van der Waals surface area contributed by atoms with Crippen LogP contribution in [0, 0.1) is 0 Å². The first-order chi connectivity index (χ1) is 6.65. The average Bonchev–Trinajstić information content (AvgIpc) is 2.69. The minimum atomic E-state index is -0.930. The van der Waals surface area contributed by atoms with E-state index in [1.54, 1.807) is 12.3 Å². The summed E-state index contributed by atoms with van der Waals surface area (Å²) < 4.78 is 4.47. The van der Waals surface area contributed by atoms with Gasteiger partial charge in [0.2, 0.25) is 6.39 Å². The largest absolute Gasteiger partial charge is 0.343 e. The lowest BCUT2D eigenvalue weighted by Crippen LogP contribution is -2.44. The van der Waals surface area contributed by atoms with Crippen molar-refractivity contribution in [2.75, 3.05) is 0 Å². The molecule has 8 heteroatoms. The van der Waals surface area contributed by atoms with Crippen LogP contribution in [0.25, 0.3) is 0 Å². The number of carbonyl (C=O) groups is 2. The highest BCUT2D eigenvalue weighted by Gasteiger charge is 2.17. The van der Waals surface area contributed by atoms with Gasteiger partial charge in [-0.25, -0.2) is 5.84 Å². The third-order valence-electron chi connectivity index (χ3n) is 1.45. The molecular formula is C6H9N5O3. The third-order valence-corrected chi connectivity index (χ3v) is 1.45. The molecule has 0 aliphatic heterocycles. The van der Waals surface area contributed by atoms with Crippen LogP contribution >= 0.6 is 0 Å². The molecule has 0 radical (unpaired) electrons. The average molecular weight is 199 g/mol. The van der Waals surface area contributed by atoms with Crippen molar-refractivity contribution in [2.45, 2.75) is 13.0 Å². The lowest BCUT2D eigenvalue weighted by atomic mass is 10.3. The Morgan fingerprint density at radius 3 is 2.79 bits per heavy atom. The van der Waals surface area contributed by atoms with Gasteiger partial charge < -0.3 is 9.84 Å². The fraction of sp³-hybridized carbons (Fsp3) is 0.333. The van der Waals surface area contributed by atoms with Crippen LogP contribution in [-0.4, -0.2) is 22.0 Å². The van der Waals surface area contributed by atoms with E-state index in [4.69, 9.17) is 5.84 Å². The zero-order valence-electron chi connectivity index (χ0n) is 7.35. The molecule has 0 saturated carbocycles. The standard InChI is InChI=1S/C6H9N5O3/c1-3(4-8-2-14-11-4)9-5(12)6(13)10-7/h2-3H,7H2,1H3,(H,9,12)(H,10,13). The molecule has 0 saturated heterocycles. The zero-order valence-corrected chi connectivity index (χ0v) is 7.35. The van der Waals surface area contributed by atoms with Crippen LogP contribution in [0.2, 0.25) is 0 Å². The highest BCUT2D eigenvalue weighted by molar-refractivity contribution is 6.34. The highest BCUT2D eigenvalue weighted by Crippen LogP contribution is 2.03. The normalized spacial score (nSPS) is 11.9. The Balaban J connectivity index is 2.53. The summed E-state index contributed by atoms with van der Waals surface area (Å²) in [6.07, 6.45) is 1.13. The Hall–Kier alpha value is -1.96. The summed E-state index contributed by atoms with van der Waals surface area (Å²) in [7, 11) is 0. The number of amides is 2. The van der Waals surface area contributed by atoms with Gasteiger partial charge in [0.25, 0.3) is 0 Å². The van der Waals surface area contributed by atoms with E-state index in [2.05, 4.69) is 20.0 Å². The Morgan fingerprint density at radius 1 is 1.57 bits per heavy atom. The molecule has 0 spiro atoms. The van der Waals surface area contributed by atoms with Gasteiger partial charge in [0.15, 0.2) is 5.82 Å². The van der Waals surface area contributed by atoms with E-state index in [0.29, 0.717) is 0 Å². The van der Waals surface area contributed by atoms with Gasteiger partial charge in [-0.1, -0.05) is 5.16 Å². The summed E-state index contributed by atoms with van der Waals surface area (Å²) >= 11 is 0. The number of rotatable bonds is 2. The van der Waals surface area contributed by atoms with E-state index in [1.165, 1.54) is 0 Å². The van der Waals surface area contributed by atoms with E-state index in [1.807, 2.05) is 0 Å². The lowest BCUT2D eigenvalue weighted by Gasteiger charge is -2.07. The molecule has 0 aromatic carbocycles. The van der Waals surface area contributed by atoms with Gasteiger partial charge in [-0.05, 0) is 6.92 Å². The number of nitrogens with zero attached hydrogens (tertiary/aromatic N) is 2. The molecule has 0 aliphatic carbocycles. The smallest absolute Gasteiger partial charge is 0.323 e. The molecule has 1 aromatic rings. The Bertz CT molecular complexity index is 322. The second-order valence-corrected chi connectivity index (χ2v) is 2.46. The van der Waals surface area contributed by atoms with Crippen molar-refractivity contribution < 1.29 is 14.1 Å². The fourth-order valence-corrected chi connectivity index (χ4v) is 0.762. The van der Waals surface area contributed by atoms with E-state index < -0.39 is 17.9 Å². The molecule has 2 amide bonds. The van der Waals surface area contributed by atoms with E-state index in [9.17, 15) is 9.59 Å². The van der Waals surface area contributed by atoms with Crippen molar-refractivity contribution in [3.8, 4) is 0 Å². The van der Waals surface area contributed by atoms with Crippen molar-refractivity contribution in [2.24, 2.45) is 5.84 Å². The number of nitrogens with one attached hydrogen (secondary N) is 2. The topological polar surface area (TPSA) is 123 Å². The van der Waals surface area contributed by atoms with Crippen molar-refractivity contribution >= 4 is 11.8 Å². The number of aromatic nitrogens is 2. The summed E-state index contributed by atoms with van der Waals surface area (Å²) in [5.74, 6) is 3.25. The van der Waals surface area contributed by atoms with Crippen LogP contribution in [0.5, 0.6) is 0 Å². The fourth-order valence-electron chi connectivity index (χ4n) is 0.762. The van der Waals surface area contributed by atoms with Gasteiger partial charge in [0.1, 0.15) is 0 Å². The quantitative estimate of drug-likeness (QED) is 0.224. The van der Waals surface area contributed by atoms with Crippen LogP contribution < -0.4 is 16.6 Å². The molecule has 76 valence electrons. The van der Waals surface area contributed by atoms with Crippen LogP contribution in [0.1, 0.15) is 18.8 Å². The van der Waals surface area contributed by atoms with Gasteiger partial charge >= 0.3 is 11.8 Å². The molecule has 8 nitrogen and oxygen atoms in total. The van der Waals surface area contributed by atoms with Gasteiger partial charge in [-0.2, -0.15) is 4.98 Å². The minimum absolute atomic E-state index is 0.281. The minimum Gasteiger partial charge on any atom is -0.343 e. The SMILES string of the molecule is CC(NC(=O)C(=O)NN)c1ncon1. The van der Waals surface area contributed by atoms with E-state index in [0.717, 1.165) is 6.39 Å². The van der Waals surface area contributed by atoms with Crippen molar-refractivity contribution in [1.29, 1.82) is 0 Å². The number of hydrogen-bond donors (Lipinski definition) is 3. The summed E-state index contributed by atoms with van der Waals surface area (Å²) in [5.41, 5.74) is 1.70. The van der Waals surface area contributed by atoms with Crippen molar-refractivity contribution in [1.82, 2.24) is 20.9 Å². The Kier molecular flexibility index (Phi) is 3.13. The van der Waals surface area contributed by atoms with E-state index >= 15 is 0 Å². The molecular weight excluding hydrogens is 190 g/mol. The van der Waals surface area contributed by atoms with Gasteiger partial charge in [-0.3, -0.25) is 15.0 Å². The van der Waals surface area contributed by atoms with Gasteiger partial charge in [0.05, 0.1) is 6.04 Å². The number of hydrazine groups is 1. The first-order valence-electron chi connectivity index (χ1n) is 3.73. The molecule has 4 N–H and O–H groups in total. The van der Waals surface area contributed by atoms with Crippen LogP contribution in [-0.2, 0) is 9.59 Å². The predicted molar refractivity (Wildman–Crippen MR) is 43.2 cm³/mol. The van der Waals surface area contributed by atoms with Gasteiger partial charge in [0, 0.05) is 0 Å². The number of carbonyl (C=O) groups excluding carboxylic acids is 2. The number of nitrogens with two attached hydrogens (primary N) is 1. The molecule has 0 fully saturated rings. The van der Waals surface area contributed by atoms with Crippen molar-refractivity contribution in [3.05, 3.63) is 12.2 Å². The summed E-state index contributed by atoms with van der Waals surface area (Å²) in [6, 6.07) is -0.515. The zero-order chi connectivity index (χ0) is 10.6. The molecule has 0 aliphatic rings. The molecule has 0 bridgehead atoms. The second-order valence-electron chi connectivity index (χ2n) is 2.46. The molecule has 14 heavy (non-hydrogen) atoms. The maximum atomic E-state index is 11.0. The van der Waals surface area contributed by atoms with Crippen LogP contribution in [0.4, 0.5) is 0 Å². The maximum Gasteiger partial charge on any atom is 0.323 e. The molecule has 1 unspecified atom stereocenters. The molecule has 1 atom stereocenters. The first-order valence-corrected chi connectivity index (χ1v) is 3.73. The van der Waals surface area contributed by atoms with E-state index in [-0.39, 0.29) is 5.82 Å². The number of hydrogen-bond acceptors (Lipinski definition) is 6. The molecule has 1 heterocycles. The van der Waals surface area contributed by atoms with Crippen molar-refractivity contribution in [3.63, 3.8) is 0 Å². The molecule has 1 aromatic heterocycles. The summed E-state index contributed by atoms with van der Waals surface area (Å²) in [6.45, 7) is 1.60. The van der Waals surface area contributed by atoms with Crippen LogP contribution in [0.15, 0.2) is 10.9 Å². The van der Waals surface area contributed by atoms with Gasteiger partial charge in [-0.15, -0.1) is 0 Å². The predicted octanol–water partition coefficient (Wildman–Crippen LogP) is -1.76. The second kappa shape index (κ2) is 4.33. The monoisotopic (exact) mass is 199 g/mol. The molecule has 1 rings (SSSR count). The lowest BCUT2D eigenvalue weighted by molar-refractivity contribution is -0.139. The summed E-state index contributed by atoms with van der Waals surface area (Å²) in [4.78, 5) is 25.4. The Labute approximate surface area is 78.8 Å².